The molecule has 1 spiro atoms. The minimum absolute atomic E-state index is 0.116. The van der Waals surface area contributed by atoms with E-state index in [0.717, 1.165) is 6.42 Å². The first-order valence-electron chi connectivity index (χ1n) is 8.40. The third kappa shape index (κ3) is 2.77. The van der Waals surface area contributed by atoms with Crippen LogP contribution in [0.1, 0.15) is 29.6 Å². The molecule has 132 valence electrons. The smallest absolute Gasteiger partial charge is 0.322 e. The van der Waals surface area contributed by atoms with E-state index >= 15 is 0 Å². The first-order valence-corrected chi connectivity index (χ1v) is 8.40. The Morgan fingerprint density at radius 2 is 1.80 bits per heavy atom. The van der Waals surface area contributed by atoms with Crippen LogP contribution in [0.2, 0.25) is 0 Å². The molecule has 2 N–H and O–H groups in total. The molecule has 0 aliphatic carbocycles. The number of imide groups is 1. The van der Waals surface area contributed by atoms with E-state index in [1.165, 1.54) is 0 Å². The fraction of sp³-hybridized carbons (Fsp3) is 0.471. The molecule has 3 heterocycles. The molecule has 0 atom stereocenters. The topological polar surface area (TPSA) is 97.0 Å². The van der Waals surface area contributed by atoms with Gasteiger partial charge in [-0.15, -0.1) is 0 Å². The highest BCUT2D eigenvalue weighted by molar-refractivity contribution is 6.07. The number of nitrogens with one attached hydrogen (secondary N) is 2. The zero-order valence-electron chi connectivity index (χ0n) is 13.7. The maximum atomic E-state index is 12.8. The molecule has 2 saturated heterocycles. The molecule has 0 radical (unpaired) electrons. The molecule has 2 fully saturated rings. The quantitative estimate of drug-likeness (QED) is 0.729. The van der Waals surface area contributed by atoms with Crippen molar-refractivity contribution in [3.8, 4) is 11.5 Å². The maximum absolute atomic E-state index is 12.8. The second-order valence-corrected chi connectivity index (χ2v) is 6.49. The summed E-state index contributed by atoms with van der Waals surface area (Å²) in [6.45, 7) is 1.97. The van der Waals surface area contributed by atoms with Crippen LogP contribution in [0.25, 0.3) is 0 Å². The largest absolute Gasteiger partial charge is 0.490 e. The predicted molar refractivity (Wildman–Crippen MR) is 86.6 cm³/mol. The molecule has 4 rings (SSSR count). The van der Waals surface area contributed by atoms with E-state index in [1.54, 1.807) is 23.1 Å². The summed E-state index contributed by atoms with van der Waals surface area (Å²) in [5.74, 6) is 0.812. The van der Waals surface area contributed by atoms with E-state index in [1.807, 2.05) is 0 Å². The van der Waals surface area contributed by atoms with Gasteiger partial charge in [-0.05, 0) is 31.0 Å². The molecule has 0 saturated carbocycles. The van der Waals surface area contributed by atoms with Crippen LogP contribution < -0.4 is 20.1 Å². The zero-order valence-corrected chi connectivity index (χ0v) is 13.7. The lowest BCUT2D eigenvalue weighted by Crippen LogP contribution is -2.55. The number of rotatable bonds is 1. The Hall–Kier alpha value is -2.77. The first-order chi connectivity index (χ1) is 12.1. The van der Waals surface area contributed by atoms with Crippen LogP contribution >= 0.6 is 0 Å². The van der Waals surface area contributed by atoms with Crippen molar-refractivity contribution in [2.24, 2.45) is 0 Å². The van der Waals surface area contributed by atoms with Crippen LogP contribution in [-0.4, -0.2) is 54.6 Å². The van der Waals surface area contributed by atoms with Gasteiger partial charge < -0.3 is 19.7 Å². The van der Waals surface area contributed by atoms with Crippen molar-refractivity contribution < 1.29 is 23.9 Å². The summed E-state index contributed by atoms with van der Waals surface area (Å²) in [5, 5.41) is 4.96. The summed E-state index contributed by atoms with van der Waals surface area (Å²) >= 11 is 0. The zero-order chi connectivity index (χ0) is 17.4. The van der Waals surface area contributed by atoms with Gasteiger partial charge in [0.2, 0.25) is 0 Å². The monoisotopic (exact) mass is 345 g/mol. The SMILES string of the molecule is O=C1NC(=O)C2(CCN(C(=O)c3ccc4c(c3)OCCCO4)CC2)N1. The van der Waals surface area contributed by atoms with Gasteiger partial charge in [0, 0.05) is 25.1 Å². The van der Waals surface area contributed by atoms with Crippen LogP contribution in [0.5, 0.6) is 11.5 Å². The molecule has 4 amide bonds. The van der Waals surface area contributed by atoms with Gasteiger partial charge in [-0.2, -0.15) is 0 Å². The number of ether oxygens (including phenoxy) is 2. The van der Waals surface area contributed by atoms with Crippen LogP contribution in [0, 0.1) is 0 Å². The molecule has 8 nitrogen and oxygen atoms in total. The number of hydrogen-bond acceptors (Lipinski definition) is 5. The third-order valence-corrected chi connectivity index (χ3v) is 4.91. The molecule has 0 unspecified atom stereocenters. The Kier molecular flexibility index (Phi) is 3.74. The van der Waals surface area contributed by atoms with Crippen LogP contribution in [0.4, 0.5) is 4.79 Å². The number of nitrogens with zero attached hydrogens (tertiary/aromatic N) is 1. The molecule has 0 aromatic heterocycles. The summed E-state index contributed by atoms with van der Waals surface area (Å²) < 4.78 is 11.2. The van der Waals surface area contributed by atoms with Gasteiger partial charge in [-0.3, -0.25) is 14.9 Å². The molecule has 1 aromatic rings. The molecule has 3 aliphatic rings. The van der Waals surface area contributed by atoms with Crippen molar-refractivity contribution in [3.63, 3.8) is 0 Å². The van der Waals surface area contributed by atoms with Crippen molar-refractivity contribution >= 4 is 17.8 Å². The van der Waals surface area contributed by atoms with Crippen molar-refractivity contribution in [1.29, 1.82) is 0 Å². The predicted octanol–water partition coefficient (Wildman–Crippen LogP) is 0.662. The van der Waals surface area contributed by atoms with Crippen LogP contribution in [-0.2, 0) is 4.79 Å². The molecule has 1 aromatic carbocycles. The number of fused-ring (bicyclic) bond motifs is 1. The number of urea groups is 1. The first kappa shape index (κ1) is 15.7. The molecule has 0 bridgehead atoms. The average molecular weight is 345 g/mol. The summed E-state index contributed by atoms with van der Waals surface area (Å²) in [4.78, 5) is 37.8. The number of amides is 4. The Morgan fingerprint density at radius 3 is 2.48 bits per heavy atom. The number of likely N-dealkylation sites (tertiary alicyclic amines) is 1. The number of carbonyl (C=O) groups is 3. The van der Waals surface area contributed by atoms with Gasteiger partial charge in [-0.1, -0.05) is 0 Å². The van der Waals surface area contributed by atoms with E-state index in [9.17, 15) is 14.4 Å². The average Bonchev–Trinajstić information content (AvgIpc) is 2.79. The lowest BCUT2D eigenvalue weighted by molar-refractivity contribution is -0.125. The number of carbonyl (C=O) groups excluding carboxylic acids is 3. The highest BCUT2D eigenvalue weighted by Crippen LogP contribution is 2.32. The molecule has 8 heteroatoms. The Balaban J connectivity index is 1.47. The highest BCUT2D eigenvalue weighted by Gasteiger charge is 2.48. The van der Waals surface area contributed by atoms with Gasteiger partial charge in [0.1, 0.15) is 5.54 Å². The highest BCUT2D eigenvalue weighted by atomic mass is 16.5. The van der Waals surface area contributed by atoms with Crippen molar-refractivity contribution in [2.45, 2.75) is 24.8 Å². The number of hydrogen-bond donors (Lipinski definition) is 2. The molecule has 3 aliphatic heterocycles. The van der Waals surface area contributed by atoms with Gasteiger partial charge >= 0.3 is 6.03 Å². The fourth-order valence-corrected chi connectivity index (χ4v) is 3.45. The standard InChI is InChI=1S/C17H19N3O5/c21-14(11-2-3-12-13(10-11)25-9-1-8-24-12)20-6-4-17(5-7-20)15(22)18-16(23)19-17/h2-3,10H,1,4-9H2,(H2,18,19,22,23). The summed E-state index contributed by atoms with van der Waals surface area (Å²) in [6.07, 6.45) is 1.61. The lowest BCUT2D eigenvalue weighted by Gasteiger charge is -2.37. The minimum Gasteiger partial charge on any atom is -0.490 e. The van der Waals surface area contributed by atoms with E-state index in [4.69, 9.17) is 9.47 Å². The molecular formula is C17H19N3O5. The van der Waals surface area contributed by atoms with Gasteiger partial charge in [0.05, 0.1) is 13.2 Å². The Labute approximate surface area is 144 Å². The van der Waals surface area contributed by atoms with Crippen molar-refractivity contribution in [2.75, 3.05) is 26.3 Å². The normalized spacial score (nSPS) is 21.5. The second-order valence-electron chi connectivity index (χ2n) is 6.49. The fourth-order valence-electron chi connectivity index (χ4n) is 3.45. The molecule has 25 heavy (non-hydrogen) atoms. The van der Waals surface area contributed by atoms with Gasteiger partial charge in [0.15, 0.2) is 11.5 Å². The number of piperidine rings is 1. The Bertz CT molecular complexity index is 740. The van der Waals surface area contributed by atoms with Crippen molar-refractivity contribution in [1.82, 2.24) is 15.5 Å². The maximum Gasteiger partial charge on any atom is 0.322 e. The second kappa shape index (κ2) is 5.94. The van der Waals surface area contributed by atoms with Crippen LogP contribution in [0.3, 0.4) is 0 Å². The lowest BCUT2D eigenvalue weighted by atomic mass is 9.87. The summed E-state index contributed by atoms with van der Waals surface area (Å²) in [6, 6.07) is 4.72. The Morgan fingerprint density at radius 1 is 1.08 bits per heavy atom. The summed E-state index contributed by atoms with van der Waals surface area (Å²) in [5.41, 5.74) is -0.349. The van der Waals surface area contributed by atoms with Crippen molar-refractivity contribution in [3.05, 3.63) is 23.8 Å². The van der Waals surface area contributed by atoms with Crippen LogP contribution in [0.15, 0.2) is 18.2 Å². The van der Waals surface area contributed by atoms with Gasteiger partial charge in [-0.25, -0.2) is 4.79 Å². The van der Waals surface area contributed by atoms with E-state index in [-0.39, 0.29) is 11.8 Å². The summed E-state index contributed by atoms with van der Waals surface area (Å²) in [7, 11) is 0. The van der Waals surface area contributed by atoms with Gasteiger partial charge in [0.25, 0.3) is 11.8 Å². The minimum atomic E-state index is -0.876. The van der Waals surface area contributed by atoms with E-state index in [0.29, 0.717) is 56.2 Å². The third-order valence-electron chi connectivity index (χ3n) is 4.91. The number of benzene rings is 1. The van der Waals surface area contributed by atoms with E-state index in [2.05, 4.69) is 10.6 Å². The van der Waals surface area contributed by atoms with E-state index < -0.39 is 11.6 Å². The molecular weight excluding hydrogens is 326 g/mol.